The first-order chi connectivity index (χ1) is 12.8. The molecule has 0 spiro atoms. The molecule has 0 amide bonds. The van der Waals surface area contributed by atoms with E-state index in [2.05, 4.69) is 18.7 Å². The van der Waals surface area contributed by atoms with Gasteiger partial charge >= 0.3 is 5.69 Å². The first-order valence-electron chi connectivity index (χ1n) is 9.78. The molecule has 0 unspecified atom stereocenters. The highest BCUT2D eigenvalue weighted by molar-refractivity contribution is 5.71. The molecule has 2 atom stereocenters. The third-order valence-electron chi connectivity index (χ3n) is 5.40. The van der Waals surface area contributed by atoms with Crippen LogP contribution in [0.1, 0.15) is 33.0 Å². The molecule has 150 valence electrons. The summed E-state index contributed by atoms with van der Waals surface area (Å²) < 4.78 is 10.1. The summed E-state index contributed by atoms with van der Waals surface area (Å²) in [6.45, 7) is 10.9. The second kappa shape index (κ2) is 7.98. The number of ether oxygens (including phenoxy) is 1. The molecule has 2 aromatic rings. The van der Waals surface area contributed by atoms with Crippen LogP contribution in [-0.4, -0.2) is 49.9 Å². The number of likely N-dealkylation sites (tertiary alicyclic amines) is 1. The van der Waals surface area contributed by atoms with E-state index in [0.29, 0.717) is 49.3 Å². The van der Waals surface area contributed by atoms with Crippen molar-refractivity contribution in [1.82, 2.24) is 23.6 Å². The maximum atomic E-state index is 12.8. The minimum absolute atomic E-state index is 0.302. The Morgan fingerprint density at radius 3 is 2.41 bits per heavy atom. The Kier molecular flexibility index (Phi) is 5.86. The number of rotatable bonds is 6. The van der Waals surface area contributed by atoms with Gasteiger partial charge in [0.15, 0.2) is 11.2 Å². The minimum atomic E-state index is -0.353. The van der Waals surface area contributed by atoms with Gasteiger partial charge in [0.2, 0.25) is 0 Å². The van der Waals surface area contributed by atoms with E-state index in [4.69, 9.17) is 9.72 Å². The van der Waals surface area contributed by atoms with Crippen molar-refractivity contribution in [2.75, 3.05) is 26.3 Å². The van der Waals surface area contributed by atoms with E-state index in [1.807, 2.05) is 11.5 Å². The van der Waals surface area contributed by atoms with Crippen LogP contribution in [-0.2, 0) is 31.9 Å². The van der Waals surface area contributed by atoms with Crippen LogP contribution in [0.2, 0.25) is 0 Å². The summed E-state index contributed by atoms with van der Waals surface area (Å²) in [4.78, 5) is 32.2. The number of hydrogen-bond donors (Lipinski definition) is 0. The summed E-state index contributed by atoms with van der Waals surface area (Å²) in [7, 11) is 3.18. The molecular formula is C19H31N5O3. The first-order valence-corrected chi connectivity index (χ1v) is 9.78. The van der Waals surface area contributed by atoms with E-state index in [9.17, 15) is 9.59 Å². The lowest BCUT2D eigenvalue weighted by Crippen LogP contribution is -2.39. The molecule has 1 aliphatic heterocycles. The highest BCUT2D eigenvalue weighted by Crippen LogP contribution is 2.23. The molecule has 8 heteroatoms. The van der Waals surface area contributed by atoms with Crippen LogP contribution >= 0.6 is 0 Å². The average molecular weight is 377 g/mol. The molecule has 2 aromatic heterocycles. The van der Waals surface area contributed by atoms with Gasteiger partial charge in [0.1, 0.15) is 5.82 Å². The van der Waals surface area contributed by atoms with Gasteiger partial charge in [-0.1, -0.05) is 13.8 Å². The van der Waals surface area contributed by atoms with Crippen molar-refractivity contribution in [2.24, 2.45) is 25.9 Å². The maximum Gasteiger partial charge on any atom is 0.332 e. The summed E-state index contributed by atoms with van der Waals surface area (Å²) in [5, 5.41) is 0. The molecule has 3 heterocycles. The fourth-order valence-corrected chi connectivity index (χ4v) is 4.27. The van der Waals surface area contributed by atoms with Crippen LogP contribution in [0.25, 0.3) is 11.2 Å². The van der Waals surface area contributed by atoms with Crippen LogP contribution in [0.3, 0.4) is 0 Å². The highest BCUT2D eigenvalue weighted by atomic mass is 16.5. The summed E-state index contributed by atoms with van der Waals surface area (Å²) in [6, 6.07) is 0. The van der Waals surface area contributed by atoms with E-state index in [1.54, 1.807) is 7.05 Å². The molecule has 0 aliphatic carbocycles. The Morgan fingerprint density at radius 1 is 1.11 bits per heavy atom. The number of piperidine rings is 1. The van der Waals surface area contributed by atoms with Crippen LogP contribution in [0.4, 0.5) is 0 Å². The van der Waals surface area contributed by atoms with Gasteiger partial charge in [0.25, 0.3) is 5.56 Å². The van der Waals surface area contributed by atoms with E-state index in [1.165, 1.54) is 18.0 Å². The zero-order valence-electron chi connectivity index (χ0n) is 17.1. The molecule has 0 aromatic carbocycles. The van der Waals surface area contributed by atoms with Crippen LogP contribution < -0.4 is 11.2 Å². The Bertz CT molecular complexity index is 916. The Morgan fingerprint density at radius 2 is 1.78 bits per heavy atom. The Labute approximate surface area is 159 Å². The number of hydrogen-bond acceptors (Lipinski definition) is 5. The Balaban J connectivity index is 2.06. The predicted molar refractivity (Wildman–Crippen MR) is 105 cm³/mol. The van der Waals surface area contributed by atoms with Crippen molar-refractivity contribution in [1.29, 1.82) is 0 Å². The second-order valence-corrected chi connectivity index (χ2v) is 7.89. The van der Waals surface area contributed by atoms with Gasteiger partial charge in [0, 0.05) is 40.3 Å². The monoisotopic (exact) mass is 377 g/mol. The molecule has 1 aliphatic rings. The lowest BCUT2D eigenvalue weighted by Gasteiger charge is -2.34. The van der Waals surface area contributed by atoms with Gasteiger partial charge in [-0.25, -0.2) is 9.78 Å². The molecule has 0 radical (unpaired) electrons. The average Bonchev–Trinajstić information content (AvgIpc) is 2.96. The largest absolute Gasteiger partial charge is 0.380 e. The molecule has 3 rings (SSSR count). The van der Waals surface area contributed by atoms with Gasteiger partial charge in [-0.05, 0) is 25.2 Å². The predicted octanol–water partition coefficient (Wildman–Crippen LogP) is 0.948. The lowest BCUT2D eigenvalue weighted by atomic mass is 9.92. The zero-order chi connectivity index (χ0) is 19.7. The van der Waals surface area contributed by atoms with E-state index in [-0.39, 0.29) is 11.2 Å². The Hall–Kier alpha value is -1.93. The van der Waals surface area contributed by atoms with Crippen molar-refractivity contribution < 1.29 is 4.74 Å². The van der Waals surface area contributed by atoms with E-state index in [0.717, 1.165) is 23.5 Å². The third kappa shape index (κ3) is 3.87. The first kappa shape index (κ1) is 19.8. The smallest absolute Gasteiger partial charge is 0.332 e. The number of aryl methyl sites for hydroxylation is 1. The van der Waals surface area contributed by atoms with Crippen LogP contribution in [0.15, 0.2) is 9.59 Å². The van der Waals surface area contributed by atoms with E-state index < -0.39 is 0 Å². The fourth-order valence-electron chi connectivity index (χ4n) is 4.27. The molecule has 27 heavy (non-hydrogen) atoms. The molecule has 1 fully saturated rings. The summed E-state index contributed by atoms with van der Waals surface area (Å²) in [5.74, 6) is 2.11. The van der Waals surface area contributed by atoms with Gasteiger partial charge in [-0.3, -0.25) is 18.8 Å². The molecular weight excluding hydrogens is 346 g/mol. The van der Waals surface area contributed by atoms with Crippen molar-refractivity contribution in [3.8, 4) is 0 Å². The summed E-state index contributed by atoms with van der Waals surface area (Å²) >= 11 is 0. The normalized spacial score (nSPS) is 21.2. The molecule has 0 N–H and O–H groups in total. The van der Waals surface area contributed by atoms with Crippen LogP contribution in [0.5, 0.6) is 0 Å². The minimum Gasteiger partial charge on any atom is -0.380 e. The molecule has 0 saturated carbocycles. The lowest BCUT2D eigenvalue weighted by molar-refractivity contribution is 0.124. The quantitative estimate of drug-likeness (QED) is 0.701. The summed E-state index contributed by atoms with van der Waals surface area (Å²) in [6.07, 6.45) is 1.24. The molecule has 1 saturated heterocycles. The summed E-state index contributed by atoms with van der Waals surface area (Å²) in [5.41, 5.74) is 0.276. The highest BCUT2D eigenvalue weighted by Gasteiger charge is 2.25. The molecule has 0 bridgehead atoms. The topological polar surface area (TPSA) is 74.3 Å². The van der Waals surface area contributed by atoms with Gasteiger partial charge in [0.05, 0.1) is 13.2 Å². The molecule has 8 nitrogen and oxygen atoms in total. The van der Waals surface area contributed by atoms with Crippen LogP contribution in [0, 0.1) is 11.8 Å². The number of imidazole rings is 1. The fraction of sp³-hybridized carbons (Fsp3) is 0.737. The number of nitrogens with zero attached hydrogens (tertiary/aromatic N) is 5. The van der Waals surface area contributed by atoms with Crippen molar-refractivity contribution in [3.05, 3.63) is 26.7 Å². The standard InChI is InChI=1S/C19H31N5O3/c1-6-27-8-7-24-15(12-23-10-13(2)9-14(3)11-23)20-17-16(24)18(25)22(5)19(26)21(17)4/h13-14H,6-12H2,1-5H3/t13-,14-/m0/s1. The SMILES string of the molecule is CCOCCn1c(CN2C[C@@H](C)C[C@H](C)C2)nc2c1c(=O)n(C)c(=O)n2C. The van der Waals surface area contributed by atoms with Crippen molar-refractivity contribution in [3.63, 3.8) is 0 Å². The van der Waals surface area contributed by atoms with Gasteiger partial charge in [-0.15, -0.1) is 0 Å². The van der Waals surface area contributed by atoms with E-state index >= 15 is 0 Å². The van der Waals surface area contributed by atoms with Gasteiger partial charge < -0.3 is 9.30 Å². The van der Waals surface area contributed by atoms with Crippen molar-refractivity contribution in [2.45, 2.75) is 40.3 Å². The third-order valence-corrected chi connectivity index (χ3v) is 5.40. The number of aromatic nitrogens is 4. The van der Waals surface area contributed by atoms with Gasteiger partial charge in [-0.2, -0.15) is 0 Å². The maximum absolute atomic E-state index is 12.8. The number of fused-ring (bicyclic) bond motifs is 1. The van der Waals surface area contributed by atoms with Crippen molar-refractivity contribution >= 4 is 11.2 Å². The second-order valence-electron chi connectivity index (χ2n) is 7.89. The zero-order valence-corrected chi connectivity index (χ0v) is 17.1.